The molecular weight excluding hydrogens is 335 g/mol. The van der Waals surface area contributed by atoms with Crippen LogP contribution in [0.3, 0.4) is 0 Å². The summed E-state index contributed by atoms with van der Waals surface area (Å²) in [6, 6.07) is 20.7. The Kier molecular flexibility index (Phi) is 5.39. The van der Waals surface area contributed by atoms with Gasteiger partial charge in [-0.2, -0.15) is 0 Å². The highest BCUT2D eigenvalue weighted by molar-refractivity contribution is 5.99. The molecule has 0 radical (unpaired) electrons. The second-order valence-corrected chi connectivity index (χ2v) is 5.42. The molecule has 130 valence electrons. The minimum absolute atomic E-state index is 0.211. The highest BCUT2D eigenvalue weighted by Gasteiger charge is 2.16. The van der Waals surface area contributed by atoms with Crippen molar-refractivity contribution < 1.29 is 23.5 Å². The summed E-state index contributed by atoms with van der Waals surface area (Å²) in [6.45, 7) is -0.440. The van der Waals surface area contributed by atoms with Crippen molar-refractivity contribution in [2.24, 2.45) is 0 Å². The molecule has 26 heavy (non-hydrogen) atoms. The van der Waals surface area contributed by atoms with Crippen LogP contribution in [-0.4, -0.2) is 18.4 Å². The van der Waals surface area contributed by atoms with Crippen molar-refractivity contribution in [1.29, 1.82) is 0 Å². The molecule has 0 aliphatic heterocycles. The van der Waals surface area contributed by atoms with Gasteiger partial charge in [-0.15, -0.1) is 0 Å². The third-order valence-corrected chi connectivity index (χ3v) is 3.58. The minimum atomic E-state index is -0.674. The highest BCUT2D eigenvalue weighted by atomic mass is 19.1. The number of carbonyl (C=O) groups is 2. The van der Waals surface area contributed by atoms with Crippen molar-refractivity contribution >= 4 is 11.8 Å². The van der Waals surface area contributed by atoms with Crippen LogP contribution < -0.4 is 4.74 Å². The molecule has 0 N–H and O–H groups in total. The van der Waals surface area contributed by atoms with E-state index in [1.54, 1.807) is 36.4 Å². The second kappa shape index (κ2) is 8.07. The van der Waals surface area contributed by atoms with Gasteiger partial charge in [-0.1, -0.05) is 30.3 Å². The lowest BCUT2D eigenvalue weighted by molar-refractivity contribution is 0.0472. The zero-order chi connectivity index (χ0) is 18.4. The van der Waals surface area contributed by atoms with Crippen molar-refractivity contribution in [3.05, 3.63) is 95.8 Å². The predicted molar refractivity (Wildman–Crippen MR) is 94.0 cm³/mol. The van der Waals surface area contributed by atoms with E-state index in [2.05, 4.69) is 0 Å². The number of carbonyl (C=O) groups excluding carboxylic acids is 2. The number of benzene rings is 3. The maximum atomic E-state index is 12.9. The fourth-order valence-electron chi connectivity index (χ4n) is 2.27. The Labute approximate surface area is 149 Å². The number of esters is 1. The van der Waals surface area contributed by atoms with Gasteiger partial charge < -0.3 is 9.47 Å². The van der Waals surface area contributed by atoms with Gasteiger partial charge in [-0.3, -0.25) is 4.79 Å². The van der Waals surface area contributed by atoms with Gasteiger partial charge in [-0.25, -0.2) is 9.18 Å². The first-order chi connectivity index (χ1) is 12.6. The summed E-state index contributed by atoms with van der Waals surface area (Å²) in [7, 11) is 0. The van der Waals surface area contributed by atoms with Gasteiger partial charge in [0.2, 0.25) is 0 Å². The molecule has 0 heterocycles. The lowest BCUT2D eigenvalue weighted by atomic mass is 10.1. The third-order valence-electron chi connectivity index (χ3n) is 3.58. The minimum Gasteiger partial charge on any atom is -0.456 e. The lowest BCUT2D eigenvalue weighted by Crippen LogP contribution is -2.14. The third kappa shape index (κ3) is 4.33. The molecule has 5 heteroatoms. The van der Waals surface area contributed by atoms with Gasteiger partial charge in [0, 0.05) is 5.56 Å². The van der Waals surface area contributed by atoms with E-state index in [1.165, 1.54) is 24.3 Å². The molecule has 0 spiro atoms. The van der Waals surface area contributed by atoms with Crippen LogP contribution in [0.15, 0.2) is 78.9 Å². The molecule has 4 nitrogen and oxygen atoms in total. The van der Waals surface area contributed by atoms with Gasteiger partial charge in [0.05, 0.1) is 0 Å². The molecule has 0 atom stereocenters. The summed E-state index contributed by atoms with van der Waals surface area (Å²) < 4.78 is 23.7. The molecule has 0 aliphatic rings. The molecule has 0 saturated heterocycles. The average molecular weight is 350 g/mol. The van der Waals surface area contributed by atoms with Gasteiger partial charge in [0.25, 0.3) is 0 Å². The summed E-state index contributed by atoms with van der Waals surface area (Å²) in [5.41, 5.74) is 0.483. The fraction of sp³-hybridized carbons (Fsp3) is 0.0476. The standard InChI is InChI=1S/C21H15FO4/c22-16-12-10-15(11-13-16)19(23)14-25-21(24)18-8-4-5-9-20(18)26-17-6-2-1-3-7-17/h1-13H,14H2. The van der Waals surface area contributed by atoms with Crippen LogP contribution in [0.25, 0.3) is 0 Å². The van der Waals surface area contributed by atoms with Gasteiger partial charge >= 0.3 is 5.97 Å². The Morgan fingerprint density at radius 2 is 1.46 bits per heavy atom. The Morgan fingerprint density at radius 1 is 0.808 bits per heavy atom. The molecule has 0 fully saturated rings. The van der Waals surface area contributed by atoms with E-state index >= 15 is 0 Å². The number of hydrogen-bond acceptors (Lipinski definition) is 4. The van der Waals surface area contributed by atoms with E-state index in [-0.39, 0.29) is 11.1 Å². The summed E-state index contributed by atoms with van der Waals surface area (Å²) in [5, 5.41) is 0. The zero-order valence-corrected chi connectivity index (χ0v) is 13.7. The first-order valence-corrected chi connectivity index (χ1v) is 7.91. The van der Waals surface area contributed by atoms with E-state index in [0.717, 1.165) is 0 Å². The van der Waals surface area contributed by atoms with Crippen molar-refractivity contribution in [1.82, 2.24) is 0 Å². The van der Waals surface area contributed by atoms with Crippen LogP contribution in [0.4, 0.5) is 4.39 Å². The number of hydrogen-bond donors (Lipinski definition) is 0. The van der Waals surface area contributed by atoms with Gasteiger partial charge in [0.1, 0.15) is 22.9 Å². The van der Waals surface area contributed by atoms with E-state index in [0.29, 0.717) is 11.5 Å². The molecule has 3 rings (SSSR count). The van der Waals surface area contributed by atoms with Crippen LogP contribution in [0.1, 0.15) is 20.7 Å². The summed E-state index contributed by atoms with van der Waals surface area (Å²) in [4.78, 5) is 24.4. The molecule has 0 amide bonds. The molecule has 0 bridgehead atoms. The number of ketones is 1. The SMILES string of the molecule is O=C(COC(=O)c1ccccc1Oc1ccccc1)c1ccc(F)cc1. The quantitative estimate of drug-likeness (QED) is 0.479. The van der Waals surface area contributed by atoms with E-state index in [9.17, 15) is 14.0 Å². The molecule has 0 saturated carbocycles. The smallest absolute Gasteiger partial charge is 0.342 e. The predicted octanol–water partition coefficient (Wildman–Crippen LogP) is 4.66. The van der Waals surface area contributed by atoms with Gasteiger partial charge in [-0.05, 0) is 48.5 Å². The summed E-state index contributed by atoms with van der Waals surface area (Å²) in [6.07, 6.45) is 0. The average Bonchev–Trinajstić information content (AvgIpc) is 2.67. The molecule has 0 aromatic heterocycles. The van der Waals surface area contributed by atoms with Crippen molar-refractivity contribution in [2.75, 3.05) is 6.61 Å². The number of Topliss-reactive ketones (excluding diaryl/α,β-unsaturated/α-hetero) is 1. The number of halogens is 1. The Hall–Kier alpha value is -3.47. The largest absolute Gasteiger partial charge is 0.456 e. The second-order valence-electron chi connectivity index (χ2n) is 5.42. The fourth-order valence-corrected chi connectivity index (χ4v) is 2.27. The molecular formula is C21H15FO4. The number of rotatable bonds is 6. The van der Waals surface area contributed by atoms with E-state index < -0.39 is 24.2 Å². The molecule has 0 unspecified atom stereocenters. The van der Waals surface area contributed by atoms with Crippen LogP contribution in [0.2, 0.25) is 0 Å². The maximum Gasteiger partial charge on any atom is 0.342 e. The zero-order valence-electron chi connectivity index (χ0n) is 13.7. The number of para-hydroxylation sites is 2. The Bertz CT molecular complexity index is 905. The summed E-state index contributed by atoms with van der Waals surface area (Å²) >= 11 is 0. The Morgan fingerprint density at radius 3 is 2.19 bits per heavy atom. The van der Waals surface area contributed by atoms with Crippen LogP contribution in [0, 0.1) is 5.82 Å². The molecule has 0 aliphatic carbocycles. The topological polar surface area (TPSA) is 52.6 Å². The highest BCUT2D eigenvalue weighted by Crippen LogP contribution is 2.25. The van der Waals surface area contributed by atoms with Crippen LogP contribution in [0.5, 0.6) is 11.5 Å². The maximum absolute atomic E-state index is 12.9. The first kappa shape index (κ1) is 17.4. The normalized spacial score (nSPS) is 10.2. The van der Waals surface area contributed by atoms with Crippen molar-refractivity contribution in [2.45, 2.75) is 0 Å². The van der Waals surface area contributed by atoms with E-state index in [4.69, 9.17) is 9.47 Å². The van der Waals surface area contributed by atoms with Crippen LogP contribution >= 0.6 is 0 Å². The first-order valence-electron chi connectivity index (χ1n) is 7.91. The van der Waals surface area contributed by atoms with Crippen LogP contribution in [-0.2, 0) is 4.74 Å². The Balaban J connectivity index is 1.68. The monoisotopic (exact) mass is 350 g/mol. The summed E-state index contributed by atoms with van der Waals surface area (Å²) in [5.74, 6) is -0.620. The van der Waals surface area contributed by atoms with E-state index in [1.807, 2.05) is 18.2 Å². The van der Waals surface area contributed by atoms with Gasteiger partial charge in [0.15, 0.2) is 12.4 Å². The molecule has 3 aromatic rings. The van der Waals surface area contributed by atoms with Crippen molar-refractivity contribution in [3.63, 3.8) is 0 Å². The molecule has 3 aromatic carbocycles. The number of ether oxygens (including phenoxy) is 2. The van der Waals surface area contributed by atoms with Crippen molar-refractivity contribution in [3.8, 4) is 11.5 Å². The lowest BCUT2D eigenvalue weighted by Gasteiger charge is -2.10.